The van der Waals surface area contributed by atoms with Crippen LogP contribution in [0.5, 0.6) is 5.75 Å². The molecule has 0 spiro atoms. The van der Waals surface area contributed by atoms with Crippen molar-refractivity contribution in [2.75, 3.05) is 7.11 Å². The van der Waals surface area contributed by atoms with Gasteiger partial charge >= 0.3 is 0 Å². The van der Waals surface area contributed by atoms with Crippen molar-refractivity contribution in [2.45, 2.75) is 13.5 Å². The lowest BCUT2D eigenvalue weighted by atomic mass is 10.1. The monoisotopic (exact) mass is 193 g/mol. The number of allylic oxidation sites excluding steroid dienone is 1. The fourth-order valence-corrected chi connectivity index (χ4v) is 1.69. The summed E-state index contributed by atoms with van der Waals surface area (Å²) in [4.78, 5) is 0. The molecule has 1 N–H and O–H groups in total. The van der Waals surface area contributed by atoms with E-state index in [1.54, 1.807) is 6.07 Å². The Kier molecular flexibility index (Phi) is 2.15. The van der Waals surface area contributed by atoms with Gasteiger partial charge in [0.25, 0.3) is 0 Å². The normalized spacial score (nSPS) is 16.6. The van der Waals surface area contributed by atoms with Crippen LogP contribution in [0.4, 0.5) is 4.39 Å². The zero-order valence-electron chi connectivity index (χ0n) is 8.23. The van der Waals surface area contributed by atoms with Crippen molar-refractivity contribution >= 4 is 5.70 Å². The second-order valence-corrected chi connectivity index (χ2v) is 3.20. The largest absolute Gasteiger partial charge is 0.494 e. The Labute approximate surface area is 82.4 Å². The van der Waals surface area contributed by atoms with Crippen LogP contribution in [-0.4, -0.2) is 7.11 Å². The Morgan fingerprint density at radius 2 is 2.29 bits per heavy atom. The molecule has 0 saturated carbocycles. The highest BCUT2D eigenvalue weighted by atomic mass is 19.1. The lowest BCUT2D eigenvalue weighted by Gasteiger charge is -2.04. The summed E-state index contributed by atoms with van der Waals surface area (Å²) in [5.74, 6) is -0.00259. The van der Waals surface area contributed by atoms with E-state index in [4.69, 9.17) is 4.74 Å². The standard InChI is InChI=1S/C11H12FNO/c1-3-10-8-5-9(12)11(14-2)4-7(8)6-13-10/h3-5,13H,6H2,1-2H3/b10-3+. The lowest BCUT2D eigenvalue weighted by molar-refractivity contribution is 0.386. The molecule has 1 aliphatic rings. The molecule has 74 valence electrons. The van der Waals surface area contributed by atoms with Crippen LogP contribution in [0.3, 0.4) is 0 Å². The highest BCUT2D eigenvalue weighted by Gasteiger charge is 2.18. The van der Waals surface area contributed by atoms with E-state index in [1.807, 2.05) is 13.0 Å². The molecule has 3 heteroatoms. The molecule has 1 aromatic rings. The van der Waals surface area contributed by atoms with Gasteiger partial charge in [-0.25, -0.2) is 4.39 Å². The first-order valence-corrected chi connectivity index (χ1v) is 4.53. The van der Waals surface area contributed by atoms with E-state index in [9.17, 15) is 4.39 Å². The number of benzene rings is 1. The first-order valence-electron chi connectivity index (χ1n) is 4.53. The maximum atomic E-state index is 13.4. The lowest BCUT2D eigenvalue weighted by Crippen LogP contribution is -1.99. The van der Waals surface area contributed by atoms with E-state index in [1.165, 1.54) is 13.2 Å². The van der Waals surface area contributed by atoms with Crippen molar-refractivity contribution < 1.29 is 9.13 Å². The Morgan fingerprint density at radius 3 is 2.93 bits per heavy atom. The predicted octanol–water partition coefficient (Wildman–Crippen LogP) is 2.30. The quantitative estimate of drug-likeness (QED) is 0.738. The average Bonchev–Trinajstić information content (AvgIpc) is 2.58. The van der Waals surface area contributed by atoms with Gasteiger partial charge in [0.15, 0.2) is 11.6 Å². The third kappa shape index (κ3) is 1.25. The Balaban J connectivity index is 2.55. The summed E-state index contributed by atoms with van der Waals surface area (Å²) < 4.78 is 18.3. The van der Waals surface area contributed by atoms with Crippen molar-refractivity contribution in [3.05, 3.63) is 35.2 Å². The van der Waals surface area contributed by atoms with E-state index < -0.39 is 0 Å². The van der Waals surface area contributed by atoms with Gasteiger partial charge in [-0.2, -0.15) is 0 Å². The molecule has 1 aliphatic heterocycles. The summed E-state index contributed by atoms with van der Waals surface area (Å²) in [7, 11) is 1.48. The molecule has 0 saturated heterocycles. The summed E-state index contributed by atoms with van der Waals surface area (Å²) in [6, 6.07) is 3.26. The predicted molar refractivity (Wildman–Crippen MR) is 53.4 cm³/mol. The fourth-order valence-electron chi connectivity index (χ4n) is 1.69. The van der Waals surface area contributed by atoms with Crippen LogP contribution in [0, 0.1) is 5.82 Å². The maximum absolute atomic E-state index is 13.4. The molecule has 0 amide bonds. The average molecular weight is 193 g/mol. The number of hydrogen-bond donors (Lipinski definition) is 1. The minimum Gasteiger partial charge on any atom is -0.494 e. The number of ether oxygens (including phenoxy) is 1. The third-order valence-electron chi connectivity index (χ3n) is 2.43. The Morgan fingerprint density at radius 1 is 1.50 bits per heavy atom. The molecule has 0 aromatic heterocycles. The molecule has 0 bridgehead atoms. The summed E-state index contributed by atoms with van der Waals surface area (Å²) in [6.45, 7) is 2.67. The molecule has 0 atom stereocenters. The summed E-state index contributed by atoms with van der Waals surface area (Å²) in [6.07, 6.45) is 1.94. The van der Waals surface area contributed by atoms with Crippen molar-refractivity contribution in [1.29, 1.82) is 0 Å². The SMILES string of the molecule is C/C=C1/NCc2cc(OC)c(F)cc21. The number of fused-ring (bicyclic) bond motifs is 1. The van der Waals surface area contributed by atoms with Gasteiger partial charge in [-0.1, -0.05) is 6.08 Å². The molecule has 0 unspecified atom stereocenters. The van der Waals surface area contributed by atoms with Crippen molar-refractivity contribution in [3.63, 3.8) is 0 Å². The van der Waals surface area contributed by atoms with E-state index in [0.29, 0.717) is 5.75 Å². The van der Waals surface area contributed by atoms with Crippen LogP contribution in [0.1, 0.15) is 18.1 Å². The molecular formula is C11H12FNO. The number of nitrogens with one attached hydrogen (secondary N) is 1. The second-order valence-electron chi connectivity index (χ2n) is 3.20. The van der Waals surface area contributed by atoms with Gasteiger partial charge in [-0.05, 0) is 24.6 Å². The second kappa shape index (κ2) is 3.33. The Hall–Kier alpha value is -1.51. The molecule has 1 aromatic carbocycles. The van der Waals surface area contributed by atoms with Crippen molar-refractivity contribution in [2.24, 2.45) is 0 Å². The number of rotatable bonds is 1. The zero-order chi connectivity index (χ0) is 10.1. The van der Waals surface area contributed by atoms with Crippen LogP contribution in [0.15, 0.2) is 18.2 Å². The minimum absolute atomic E-state index is 0.308. The van der Waals surface area contributed by atoms with Gasteiger partial charge in [-0.15, -0.1) is 0 Å². The molecule has 0 aliphatic carbocycles. The summed E-state index contributed by atoms with van der Waals surface area (Å²) in [5.41, 5.74) is 3.00. The van der Waals surface area contributed by atoms with Crippen LogP contribution >= 0.6 is 0 Å². The van der Waals surface area contributed by atoms with E-state index in [2.05, 4.69) is 5.32 Å². The van der Waals surface area contributed by atoms with Crippen LogP contribution < -0.4 is 10.1 Å². The first kappa shape index (κ1) is 9.06. The molecule has 14 heavy (non-hydrogen) atoms. The summed E-state index contributed by atoms with van der Waals surface area (Å²) >= 11 is 0. The van der Waals surface area contributed by atoms with Gasteiger partial charge in [-0.3, -0.25) is 0 Å². The van der Waals surface area contributed by atoms with Crippen LogP contribution in [-0.2, 0) is 6.54 Å². The molecule has 0 fully saturated rings. The van der Waals surface area contributed by atoms with E-state index in [-0.39, 0.29) is 5.82 Å². The van der Waals surface area contributed by atoms with Crippen LogP contribution in [0.25, 0.3) is 5.70 Å². The highest BCUT2D eigenvalue weighted by Crippen LogP contribution is 2.30. The number of hydrogen-bond acceptors (Lipinski definition) is 2. The minimum atomic E-state index is -0.311. The topological polar surface area (TPSA) is 21.3 Å². The fraction of sp³-hybridized carbons (Fsp3) is 0.273. The summed E-state index contributed by atoms with van der Waals surface area (Å²) in [5, 5.41) is 3.19. The third-order valence-corrected chi connectivity index (χ3v) is 2.43. The molecule has 2 rings (SSSR count). The smallest absolute Gasteiger partial charge is 0.165 e. The molecular weight excluding hydrogens is 181 g/mol. The van der Waals surface area contributed by atoms with E-state index >= 15 is 0 Å². The maximum Gasteiger partial charge on any atom is 0.165 e. The van der Waals surface area contributed by atoms with Crippen molar-refractivity contribution in [1.82, 2.24) is 5.32 Å². The van der Waals surface area contributed by atoms with E-state index in [0.717, 1.165) is 23.4 Å². The van der Waals surface area contributed by atoms with Gasteiger partial charge in [0.05, 0.1) is 7.11 Å². The van der Waals surface area contributed by atoms with Gasteiger partial charge in [0.2, 0.25) is 0 Å². The molecule has 2 nitrogen and oxygen atoms in total. The number of methoxy groups -OCH3 is 1. The van der Waals surface area contributed by atoms with Crippen LogP contribution in [0.2, 0.25) is 0 Å². The van der Waals surface area contributed by atoms with Gasteiger partial charge < -0.3 is 10.1 Å². The first-order chi connectivity index (χ1) is 6.76. The Bertz CT molecular complexity index is 399. The van der Waals surface area contributed by atoms with Gasteiger partial charge in [0.1, 0.15) is 0 Å². The van der Waals surface area contributed by atoms with Crippen molar-refractivity contribution in [3.8, 4) is 5.75 Å². The molecule has 0 radical (unpaired) electrons. The molecule has 1 heterocycles. The highest BCUT2D eigenvalue weighted by molar-refractivity contribution is 5.71. The zero-order valence-corrected chi connectivity index (χ0v) is 8.23. The van der Waals surface area contributed by atoms with Gasteiger partial charge in [0, 0.05) is 17.8 Å². The number of halogens is 1.